The van der Waals surface area contributed by atoms with Crippen molar-refractivity contribution in [2.24, 2.45) is 5.10 Å². The quantitative estimate of drug-likeness (QED) is 0.693. The van der Waals surface area contributed by atoms with Gasteiger partial charge in [0, 0.05) is 32.1 Å². The van der Waals surface area contributed by atoms with Gasteiger partial charge in [0.05, 0.1) is 10.7 Å². The summed E-state index contributed by atoms with van der Waals surface area (Å²) in [6.07, 6.45) is 4.64. The van der Waals surface area contributed by atoms with Crippen molar-refractivity contribution in [3.63, 3.8) is 0 Å². The van der Waals surface area contributed by atoms with Crippen LogP contribution >= 0.6 is 11.6 Å². The maximum Gasteiger partial charge on any atom is 0.354 e. The van der Waals surface area contributed by atoms with E-state index in [0.717, 1.165) is 0 Å². The maximum atomic E-state index is 11.2. The fourth-order valence-electron chi connectivity index (χ4n) is 1.55. The Kier molecular flexibility index (Phi) is 4.05. The molecule has 2 aromatic rings. The predicted octanol–water partition coefficient (Wildman–Crippen LogP) is 2.25. The van der Waals surface area contributed by atoms with Crippen molar-refractivity contribution in [2.45, 2.75) is 0 Å². The fourth-order valence-corrected chi connectivity index (χ4v) is 1.66. The van der Waals surface area contributed by atoms with Gasteiger partial charge in [0.15, 0.2) is 5.69 Å². The van der Waals surface area contributed by atoms with Crippen molar-refractivity contribution in [1.82, 2.24) is 14.6 Å². The molecule has 104 valence electrons. The van der Waals surface area contributed by atoms with E-state index < -0.39 is 5.97 Å². The van der Waals surface area contributed by atoms with E-state index in [0.29, 0.717) is 16.3 Å². The van der Waals surface area contributed by atoms with Crippen molar-refractivity contribution < 1.29 is 9.90 Å². The van der Waals surface area contributed by atoms with E-state index in [2.05, 4.69) is 10.1 Å². The molecule has 0 saturated heterocycles. The summed E-state index contributed by atoms with van der Waals surface area (Å²) in [7, 11) is 3.60. The average molecular weight is 293 g/mol. The summed E-state index contributed by atoms with van der Waals surface area (Å²) >= 11 is 5.78. The molecule has 2 aromatic heterocycles. The molecule has 0 amide bonds. The van der Waals surface area contributed by atoms with E-state index in [-0.39, 0.29) is 5.69 Å². The predicted molar refractivity (Wildman–Crippen MR) is 77.2 cm³/mol. The molecule has 2 heterocycles. The molecule has 0 spiro atoms. The van der Waals surface area contributed by atoms with Gasteiger partial charge >= 0.3 is 5.97 Å². The summed E-state index contributed by atoms with van der Waals surface area (Å²) < 4.78 is 1.30. The molecule has 0 unspecified atom stereocenters. The Hall–Kier alpha value is -2.34. The second-order valence-corrected chi connectivity index (χ2v) is 4.76. The third-order valence-corrected chi connectivity index (χ3v) is 2.67. The molecule has 0 fully saturated rings. The molecule has 0 aromatic carbocycles. The Morgan fingerprint density at radius 2 is 2.25 bits per heavy atom. The molecule has 0 bridgehead atoms. The van der Waals surface area contributed by atoms with E-state index >= 15 is 0 Å². The number of carbonyl (C=O) groups is 1. The van der Waals surface area contributed by atoms with Crippen LogP contribution in [0.5, 0.6) is 0 Å². The second kappa shape index (κ2) is 5.75. The van der Waals surface area contributed by atoms with Crippen LogP contribution < -0.4 is 0 Å². The minimum absolute atomic E-state index is 0.0647. The molecule has 20 heavy (non-hydrogen) atoms. The molecular formula is C13H13ClN4O2. The Morgan fingerprint density at radius 1 is 1.50 bits per heavy atom. The second-order valence-electron chi connectivity index (χ2n) is 4.32. The van der Waals surface area contributed by atoms with Gasteiger partial charge in [0.1, 0.15) is 6.34 Å². The normalized spacial score (nSPS) is 10.9. The summed E-state index contributed by atoms with van der Waals surface area (Å²) in [4.78, 5) is 17.1. The van der Waals surface area contributed by atoms with Crippen LogP contribution in [0.2, 0.25) is 5.02 Å². The number of carboxylic acid groups (broad SMARTS) is 1. The molecule has 0 atom stereocenters. The molecule has 1 N–H and O–H groups in total. The molecule has 7 heteroatoms. The molecule has 0 aliphatic carbocycles. The van der Waals surface area contributed by atoms with Gasteiger partial charge in [0.2, 0.25) is 0 Å². The molecule has 2 rings (SSSR count). The first-order chi connectivity index (χ1) is 9.47. The first-order valence-corrected chi connectivity index (χ1v) is 6.13. The van der Waals surface area contributed by atoms with E-state index in [4.69, 9.17) is 11.6 Å². The van der Waals surface area contributed by atoms with Crippen molar-refractivity contribution >= 4 is 23.9 Å². The van der Waals surface area contributed by atoms with Gasteiger partial charge in [-0.25, -0.2) is 9.47 Å². The summed E-state index contributed by atoms with van der Waals surface area (Å²) in [5.41, 5.74) is 1.36. The van der Waals surface area contributed by atoms with Gasteiger partial charge in [-0.3, -0.25) is 4.98 Å². The zero-order valence-corrected chi connectivity index (χ0v) is 11.7. The number of hydrogen-bond acceptors (Lipinski definition) is 3. The molecule has 0 aliphatic rings. The summed E-state index contributed by atoms with van der Waals surface area (Å²) in [6.45, 7) is 0. The number of carboxylic acids is 1. The standard InChI is InChI=1S/C13H13ClN4O2/c1-17(2)8-16-18-7-9(5-12(18)13(19)20)11-4-3-10(14)6-15-11/h3-8H,1-2H3,(H,19,20)/b16-8+. The Labute approximate surface area is 120 Å². The highest BCUT2D eigenvalue weighted by molar-refractivity contribution is 6.30. The van der Waals surface area contributed by atoms with Crippen LogP contribution in [0.3, 0.4) is 0 Å². The summed E-state index contributed by atoms with van der Waals surface area (Å²) in [6, 6.07) is 4.94. The van der Waals surface area contributed by atoms with Crippen LogP contribution in [-0.4, -0.2) is 46.1 Å². The van der Waals surface area contributed by atoms with Crippen LogP contribution in [0.25, 0.3) is 11.3 Å². The zero-order valence-electron chi connectivity index (χ0n) is 11.0. The molecular weight excluding hydrogens is 280 g/mol. The Balaban J connectivity index is 2.43. The molecule has 0 aliphatic heterocycles. The largest absolute Gasteiger partial charge is 0.477 e. The maximum absolute atomic E-state index is 11.2. The van der Waals surface area contributed by atoms with Crippen LogP contribution in [0.15, 0.2) is 35.7 Å². The van der Waals surface area contributed by atoms with Crippen molar-refractivity contribution in [1.29, 1.82) is 0 Å². The van der Waals surface area contributed by atoms with Crippen molar-refractivity contribution in [2.75, 3.05) is 14.1 Å². The summed E-state index contributed by atoms with van der Waals surface area (Å²) in [5.74, 6) is -1.05. The minimum Gasteiger partial charge on any atom is -0.477 e. The zero-order chi connectivity index (χ0) is 14.7. The first-order valence-electron chi connectivity index (χ1n) is 5.76. The minimum atomic E-state index is -1.05. The van der Waals surface area contributed by atoms with Gasteiger partial charge < -0.3 is 10.0 Å². The van der Waals surface area contributed by atoms with Gasteiger partial charge in [-0.05, 0) is 18.2 Å². The lowest BCUT2D eigenvalue weighted by molar-refractivity contribution is 0.0686. The lowest BCUT2D eigenvalue weighted by Gasteiger charge is -2.03. The highest BCUT2D eigenvalue weighted by Gasteiger charge is 2.13. The van der Waals surface area contributed by atoms with Crippen LogP contribution in [0, 0.1) is 0 Å². The average Bonchev–Trinajstić information content (AvgIpc) is 2.81. The SMILES string of the molecule is CN(C)/C=N/n1cc(-c2ccc(Cl)cn2)cc1C(=O)O. The molecule has 0 radical (unpaired) electrons. The van der Waals surface area contributed by atoms with Crippen molar-refractivity contribution in [3.05, 3.63) is 41.3 Å². The number of aromatic nitrogens is 2. The highest BCUT2D eigenvalue weighted by atomic mass is 35.5. The van der Waals surface area contributed by atoms with E-state index in [1.165, 1.54) is 23.3 Å². The van der Waals surface area contributed by atoms with Gasteiger partial charge in [0.25, 0.3) is 0 Å². The number of rotatable bonds is 4. The highest BCUT2D eigenvalue weighted by Crippen LogP contribution is 2.21. The number of halogens is 1. The Bertz CT molecular complexity index is 647. The van der Waals surface area contributed by atoms with E-state index in [1.54, 1.807) is 37.3 Å². The number of hydrogen-bond donors (Lipinski definition) is 1. The van der Waals surface area contributed by atoms with Gasteiger partial charge in [-0.2, -0.15) is 5.10 Å². The lowest BCUT2D eigenvalue weighted by Crippen LogP contribution is -2.11. The molecule has 0 saturated carbocycles. The Morgan fingerprint density at radius 3 is 2.80 bits per heavy atom. The first kappa shape index (κ1) is 14.1. The molecule has 6 nitrogen and oxygen atoms in total. The number of aromatic carboxylic acids is 1. The third-order valence-electron chi connectivity index (χ3n) is 2.45. The third kappa shape index (κ3) is 3.16. The smallest absolute Gasteiger partial charge is 0.354 e. The number of pyridine rings is 1. The van der Waals surface area contributed by atoms with Crippen LogP contribution in [0.1, 0.15) is 10.5 Å². The van der Waals surface area contributed by atoms with Crippen LogP contribution in [0.4, 0.5) is 0 Å². The van der Waals surface area contributed by atoms with E-state index in [9.17, 15) is 9.90 Å². The van der Waals surface area contributed by atoms with Crippen molar-refractivity contribution in [3.8, 4) is 11.3 Å². The van der Waals surface area contributed by atoms with Crippen LogP contribution in [-0.2, 0) is 0 Å². The van der Waals surface area contributed by atoms with Gasteiger partial charge in [-0.1, -0.05) is 11.6 Å². The number of nitrogens with zero attached hydrogens (tertiary/aromatic N) is 4. The lowest BCUT2D eigenvalue weighted by atomic mass is 10.2. The monoisotopic (exact) mass is 292 g/mol. The summed E-state index contributed by atoms with van der Waals surface area (Å²) in [5, 5.41) is 13.8. The van der Waals surface area contributed by atoms with E-state index in [1.807, 2.05) is 0 Å². The topological polar surface area (TPSA) is 70.7 Å². The fraction of sp³-hybridized carbons (Fsp3) is 0.154. The van der Waals surface area contributed by atoms with Gasteiger partial charge in [-0.15, -0.1) is 0 Å².